The van der Waals surface area contributed by atoms with Crippen molar-refractivity contribution in [3.63, 3.8) is 0 Å². The van der Waals surface area contributed by atoms with Crippen LogP contribution < -0.4 is 11.1 Å². The number of thioether (sulfide) groups is 2. The Bertz CT molecular complexity index is 1130. The minimum Gasteiger partial charge on any atom is -0.449 e. The smallest absolute Gasteiger partial charge is 0.449 e. The van der Waals surface area contributed by atoms with Gasteiger partial charge in [0, 0.05) is 22.5 Å². The predicted molar refractivity (Wildman–Crippen MR) is 122 cm³/mol. The number of nitrogens with zero attached hydrogens (tertiary/aromatic N) is 5. The van der Waals surface area contributed by atoms with Crippen molar-refractivity contribution < 1.29 is 29.1 Å². The fraction of sp³-hybridized carbons (Fsp3) is 0.312. The number of nitrogens with two attached hydrogens (primary N) is 1. The second kappa shape index (κ2) is 9.94. The van der Waals surface area contributed by atoms with E-state index in [0.717, 1.165) is 15.5 Å². The first kappa shape index (κ1) is 23.3. The first-order valence-electron chi connectivity index (χ1n) is 9.00. The summed E-state index contributed by atoms with van der Waals surface area (Å²) in [6, 6.07) is -0.909. The number of hydrogen-bond acceptors (Lipinski definition) is 14. The van der Waals surface area contributed by atoms with E-state index < -0.39 is 29.4 Å². The van der Waals surface area contributed by atoms with Crippen LogP contribution in [-0.4, -0.2) is 78.3 Å². The maximum atomic E-state index is 12.9. The Morgan fingerprint density at radius 3 is 2.94 bits per heavy atom. The Kier molecular flexibility index (Phi) is 7.01. The second-order valence-electron chi connectivity index (χ2n) is 6.36. The largest absolute Gasteiger partial charge is 0.512 e. The highest BCUT2D eigenvalue weighted by Gasteiger charge is 2.54. The van der Waals surface area contributed by atoms with E-state index in [1.807, 2.05) is 0 Å². The van der Waals surface area contributed by atoms with Gasteiger partial charge in [-0.1, -0.05) is 9.64 Å². The number of fused-ring (bicyclic) bond motifs is 1. The number of nitrogens with one attached hydrogen (secondary N) is 1. The van der Waals surface area contributed by atoms with Crippen LogP contribution in [0.5, 0.6) is 0 Å². The fourth-order valence-electron chi connectivity index (χ4n) is 2.99. The summed E-state index contributed by atoms with van der Waals surface area (Å²) in [5.41, 5.74) is 6.34. The van der Waals surface area contributed by atoms with E-state index in [-0.39, 0.29) is 22.4 Å². The van der Waals surface area contributed by atoms with E-state index in [1.54, 1.807) is 11.6 Å². The first-order chi connectivity index (χ1) is 15.9. The SMILES string of the molecule is CO/N=C(\C(=O)N[C@@H]1C(=O)N2C(OC(=O)O)=C(CSc3cnns3)CS[C@@H]12)c1csc(N)n1. The standard InChI is InChI=1S/C16H15N7O6S4/c1-28-21-9(7-5-32-15(17)19-7)11(24)20-10-12(25)23-13(29-16(26)27)6(4-31-14(10)23)3-30-8-2-18-22-33-8/h2,5,10,14H,3-4H2,1H3,(H2,17,19)(H,20,24)(H,26,27)/b21-9-/t10-,14+/m1/s1. The summed E-state index contributed by atoms with van der Waals surface area (Å²) in [6.45, 7) is 0. The summed E-state index contributed by atoms with van der Waals surface area (Å²) in [7, 11) is 1.28. The van der Waals surface area contributed by atoms with Gasteiger partial charge < -0.3 is 25.7 Å². The maximum Gasteiger partial charge on any atom is 0.512 e. The molecule has 1 fully saturated rings. The third-order valence-corrected chi connectivity index (χ3v) is 8.29. The molecule has 2 aromatic rings. The number of oxime groups is 1. The molecule has 0 unspecified atom stereocenters. The predicted octanol–water partition coefficient (Wildman–Crippen LogP) is 1.03. The molecule has 0 spiro atoms. The van der Waals surface area contributed by atoms with Gasteiger partial charge in [-0.25, -0.2) is 9.78 Å². The van der Waals surface area contributed by atoms with Crippen LogP contribution in [0.3, 0.4) is 0 Å². The number of β-lactam (4-membered cyclic amide) rings is 1. The van der Waals surface area contributed by atoms with Crippen molar-refractivity contribution >= 4 is 75.2 Å². The number of rotatable bonds is 8. The van der Waals surface area contributed by atoms with E-state index >= 15 is 0 Å². The van der Waals surface area contributed by atoms with Crippen molar-refractivity contribution in [3.8, 4) is 0 Å². The van der Waals surface area contributed by atoms with Gasteiger partial charge in [-0.2, -0.15) is 0 Å². The Hall–Kier alpha value is -2.89. The van der Waals surface area contributed by atoms with Gasteiger partial charge in [0.05, 0.1) is 6.20 Å². The number of carboxylic acid groups (broad SMARTS) is 1. The molecule has 4 N–H and O–H groups in total. The molecule has 0 radical (unpaired) electrons. The minimum absolute atomic E-state index is 0.0372. The number of anilines is 1. The molecule has 0 bridgehead atoms. The number of amides is 2. The summed E-state index contributed by atoms with van der Waals surface area (Å²) < 4.78 is 9.58. The number of thiazole rings is 1. The van der Waals surface area contributed by atoms with Gasteiger partial charge in [0.2, 0.25) is 5.88 Å². The van der Waals surface area contributed by atoms with Crippen LogP contribution in [0, 0.1) is 0 Å². The third-order valence-electron chi connectivity index (χ3n) is 4.36. The highest BCUT2D eigenvalue weighted by atomic mass is 32.2. The Morgan fingerprint density at radius 1 is 1.48 bits per heavy atom. The molecule has 13 nitrogen and oxygen atoms in total. The molecule has 0 aromatic carbocycles. The van der Waals surface area contributed by atoms with E-state index in [0.29, 0.717) is 17.1 Å². The quantitative estimate of drug-likeness (QED) is 0.145. The molecule has 17 heteroatoms. The lowest BCUT2D eigenvalue weighted by Crippen LogP contribution is -2.70. The number of carbonyl (C=O) groups excluding carboxylic acids is 2. The van der Waals surface area contributed by atoms with E-state index in [4.69, 9.17) is 15.3 Å². The molecule has 2 aliphatic heterocycles. The van der Waals surface area contributed by atoms with Gasteiger partial charge in [-0.05, 0) is 11.5 Å². The van der Waals surface area contributed by atoms with Crippen LogP contribution in [0.2, 0.25) is 0 Å². The molecule has 4 heterocycles. The van der Waals surface area contributed by atoms with Gasteiger partial charge in [-0.3, -0.25) is 14.5 Å². The number of carbonyl (C=O) groups is 3. The zero-order valence-corrected chi connectivity index (χ0v) is 19.9. The molecular weight excluding hydrogens is 514 g/mol. The molecule has 174 valence electrons. The molecular formula is C16H15N7O6S4. The summed E-state index contributed by atoms with van der Waals surface area (Å²) in [5, 5.41) is 20.5. The number of aromatic nitrogens is 3. The van der Waals surface area contributed by atoms with Crippen molar-refractivity contribution in [3.05, 3.63) is 28.7 Å². The second-order valence-corrected chi connectivity index (χ2v) is 10.4. The normalized spacial score (nSPS) is 20.2. The Balaban J connectivity index is 1.50. The number of nitrogen functional groups attached to an aromatic ring is 1. The molecule has 4 rings (SSSR count). The lowest BCUT2D eigenvalue weighted by atomic mass is 10.1. The molecule has 0 aliphatic carbocycles. The topological polar surface area (TPSA) is 182 Å². The first-order valence-corrected chi connectivity index (χ1v) is 12.7. The van der Waals surface area contributed by atoms with Gasteiger partial charge in [0.15, 0.2) is 10.8 Å². The van der Waals surface area contributed by atoms with Crippen LogP contribution in [0.4, 0.5) is 9.93 Å². The van der Waals surface area contributed by atoms with E-state index in [1.165, 1.54) is 47.1 Å². The summed E-state index contributed by atoms with van der Waals surface area (Å²) in [5.74, 6) is -0.421. The fourth-order valence-corrected chi connectivity index (χ4v) is 6.41. The van der Waals surface area contributed by atoms with Crippen molar-refractivity contribution in [2.45, 2.75) is 15.6 Å². The zero-order chi connectivity index (χ0) is 23.5. The third kappa shape index (κ3) is 4.90. The van der Waals surface area contributed by atoms with Gasteiger partial charge in [0.25, 0.3) is 11.8 Å². The van der Waals surface area contributed by atoms with Crippen molar-refractivity contribution in [2.24, 2.45) is 5.16 Å². The average Bonchev–Trinajstić information content (AvgIpc) is 3.45. The summed E-state index contributed by atoms with van der Waals surface area (Å²) >= 11 is 5.13. The van der Waals surface area contributed by atoms with Gasteiger partial charge in [0.1, 0.15) is 28.4 Å². The highest BCUT2D eigenvalue weighted by Crippen LogP contribution is 2.42. The number of hydrogen-bond donors (Lipinski definition) is 3. The average molecular weight is 530 g/mol. The lowest BCUT2D eigenvalue weighted by Gasteiger charge is -2.49. The lowest BCUT2D eigenvalue weighted by molar-refractivity contribution is -0.148. The van der Waals surface area contributed by atoms with Crippen LogP contribution in [0.25, 0.3) is 0 Å². The maximum absolute atomic E-state index is 12.9. The molecule has 0 saturated carbocycles. The monoisotopic (exact) mass is 529 g/mol. The van der Waals surface area contributed by atoms with Crippen molar-refractivity contribution in [1.82, 2.24) is 24.8 Å². The zero-order valence-electron chi connectivity index (χ0n) is 16.7. The summed E-state index contributed by atoms with van der Waals surface area (Å²) in [4.78, 5) is 46.9. The minimum atomic E-state index is -1.53. The Morgan fingerprint density at radius 2 is 2.30 bits per heavy atom. The van der Waals surface area contributed by atoms with Crippen molar-refractivity contribution in [2.75, 3.05) is 24.3 Å². The van der Waals surface area contributed by atoms with Crippen LogP contribution in [0.15, 0.2) is 32.4 Å². The van der Waals surface area contributed by atoms with Crippen molar-refractivity contribution in [1.29, 1.82) is 0 Å². The van der Waals surface area contributed by atoms with Gasteiger partial charge >= 0.3 is 6.16 Å². The van der Waals surface area contributed by atoms with E-state index in [9.17, 15) is 19.5 Å². The van der Waals surface area contributed by atoms with Crippen LogP contribution >= 0.6 is 46.4 Å². The summed E-state index contributed by atoms with van der Waals surface area (Å²) in [6.07, 6.45) is 0.0653. The molecule has 2 aromatic heterocycles. The number of ether oxygens (including phenoxy) is 1. The molecule has 33 heavy (non-hydrogen) atoms. The van der Waals surface area contributed by atoms with Gasteiger partial charge in [-0.15, -0.1) is 40.0 Å². The Labute approximate surface area is 202 Å². The van der Waals surface area contributed by atoms with Crippen LogP contribution in [0.1, 0.15) is 5.69 Å². The molecule has 2 amide bonds. The van der Waals surface area contributed by atoms with E-state index in [2.05, 4.69) is 25.0 Å². The molecule has 1 saturated heterocycles. The molecule has 2 atom stereocenters. The van der Waals surface area contributed by atoms with Crippen LogP contribution in [-0.2, 0) is 19.2 Å². The highest BCUT2D eigenvalue weighted by molar-refractivity contribution is 8.01. The molecule has 2 aliphatic rings.